The van der Waals surface area contributed by atoms with Crippen LogP contribution < -0.4 is 0 Å². The SMILES string of the molecule is CC(c1ccccc1)C(Cc1ccccc1)C(CC(=O)c1ncc[nH]1)Cc1ccccc1. The molecule has 0 fully saturated rings. The number of ketones is 1. The van der Waals surface area contributed by atoms with Crippen molar-refractivity contribution >= 4 is 5.78 Å². The molecular formula is C29H30N2O. The Hall–Kier alpha value is -3.46. The van der Waals surface area contributed by atoms with Crippen LogP contribution in [0.1, 0.15) is 46.6 Å². The van der Waals surface area contributed by atoms with Crippen molar-refractivity contribution in [2.24, 2.45) is 11.8 Å². The van der Waals surface area contributed by atoms with Crippen molar-refractivity contribution in [2.75, 3.05) is 0 Å². The number of hydrogen-bond donors (Lipinski definition) is 1. The van der Waals surface area contributed by atoms with Crippen LogP contribution in [0, 0.1) is 11.8 Å². The molecule has 0 amide bonds. The van der Waals surface area contributed by atoms with Crippen LogP contribution in [0.15, 0.2) is 103 Å². The second kappa shape index (κ2) is 10.7. The van der Waals surface area contributed by atoms with Crippen molar-refractivity contribution in [1.82, 2.24) is 9.97 Å². The topological polar surface area (TPSA) is 45.8 Å². The zero-order valence-corrected chi connectivity index (χ0v) is 18.5. The number of benzene rings is 3. The predicted octanol–water partition coefficient (Wildman–Crippen LogP) is 6.50. The van der Waals surface area contributed by atoms with Crippen molar-refractivity contribution < 1.29 is 4.79 Å². The van der Waals surface area contributed by atoms with E-state index in [1.807, 2.05) is 6.07 Å². The summed E-state index contributed by atoms with van der Waals surface area (Å²) in [4.78, 5) is 20.3. The average Bonchev–Trinajstić information content (AvgIpc) is 3.39. The third-order valence-electron chi connectivity index (χ3n) is 6.44. The van der Waals surface area contributed by atoms with Gasteiger partial charge in [0.25, 0.3) is 0 Å². The van der Waals surface area contributed by atoms with E-state index in [0.717, 1.165) is 12.8 Å². The molecule has 4 aromatic rings. The van der Waals surface area contributed by atoms with E-state index < -0.39 is 0 Å². The lowest BCUT2D eigenvalue weighted by Crippen LogP contribution is -2.27. The second-order valence-corrected chi connectivity index (χ2v) is 8.57. The van der Waals surface area contributed by atoms with Gasteiger partial charge in [-0.3, -0.25) is 4.79 Å². The number of aromatic nitrogens is 2. The molecule has 0 aliphatic carbocycles. The zero-order chi connectivity index (χ0) is 22.2. The van der Waals surface area contributed by atoms with E-state index in [2.05, 4.69) is 102 Å². The quantitative estimate of drug-likeness (QED) is 0.296. The Bertz CT molecular complexity index is 1080. The molecule has 0 aliphatic rings. The van der Waals surface area contributed by atoms with Gasteiger partial charge in [0, 0.05) is 18.8 Å². The van der Waals surface area contributed by atoms with Crippen LogP contribution in [0.25, 0.3) is 0 Å². The largest absolute Gasteiger partial charge is 0.342 e. The van der Waals surface area contributed by atoms with Crippen molar-refractivity contribution in [2.45, 2.75) is 32.1 Å². The summed E-state index contributed by atoms with van der Waals surface area (Å²) in [5, 5.41) is 0. The first-order valence-electron chi connectivity index (χ1n) is 11.4. The number of imidazole rings is 1. The van der Waals surface area contributed by atoms with E-state index in [1.165, 1.54) is 16.7 Å². The Morgan fingerprint density at radius 1 is 0.812 bits per heavy atom. The number of carbonyl (C=O) groups is 1. The molecule has 3 unspecified atom stereocenters. The molecule has 3 atom stereocenters. The maximum Gasteiger partial charge on any atom is 0.198 e. The minimum absolute atomic E-state index is 0.0780. The number of carbonyl (C=O) groups excluding carboxylic acids is 1. The molecule has 0 radical (unpaired) electrons. The zero-order valence-electron chi connectivity index (χ0n) is 18.5. The van der Waals surface area contributed by atoms with Gasteiger partial charge in [0.05, 0.1) is 0 Å². The minimum Gasteiger partial charge on any atom is -0.342 e. The van der Waals surface area contributed by atoms with E-state index in [1.54, 1.807) is 12.4 Å². The van der Waals surface area contributed by atoms with Crippen LogP contribution in [0.4, 0.5) is 0 Å². The summed E-state index contributed by atoms with van der Waals surface area (Å²) in [5.74, 6) is 1.34. The Balaban J connectivity index is 1.68. The maximum atomic E-state index is 13.1. The number of Topliss-reactive ketones (excluding diaryl/α,β-unsaturated/α-hetero) is 1. The van der Waals surface area contributed by atoms with Gasteiger partial charge >= 0.3 is 0 Å². The molecule has 162 valence electrons. The summed E-state index contributed by atoms with van der Waals surface area (Å²) in [6.07, 6.45) is 5.62. The predicted molar refractivity (Wildman–Crippen MR) is 130 cm³/mol. The van der Waals surface area contributed by atoms with E-state index in [4.69, 9.17) is 0 Å². The summed E-state index contributed by atoms with van der Waals surface area (Å²) in [6.45, 7) is 2.30. The van der Waals surface area contributed by atoms with Gasteiger partial charge in [0.1, 0.15) is 0 Å². The van der Waals surface area contributed by atoms with Crippen LogP contribution in [0.3, 0.4) is 0 Å². The molecule has 3 aromatic carbocycles. The van der Waals surface area contributed by atoms with Gasteiger partial charge in [-0.15, -0.1) is 0 Å². The van der Waals surface area contributed by atoms with E-state index in [0.29, 0.717) is 24.1 Å². The minimum atomic E-state index is 0.0780. The number of rotatable bonds is 10. The molecule has 0 spiro atoms. The lowest BCUT2D eigenvalue weighted by Gasteiger charge is -2.32. The monoisotopic (exact) mass is 422 g/mol. The number of H-pyrrole nitrogens is 1. The number of nitrogens with zero attached hydrogens (tertiary/aromatic N) is 1. The fourth-order valence-corrected chi connectivity index (χ4v) is 4.69. The molecule has 0 saturated heterocycles. The molecule has 0 aliphatic heterocycles. The molecule has 32 heavy (non-hydrogen) atoms. The third kappa shape index (κ3) is 5.61. The second-order valence-electron chi connectivity index (χ2n) is 8.57. The molecule has 0 bridgehead atoms. The Morgan fingerprint density at radius 3 is 1.94 bits per heavy atom. The van der Waals surface area contributed by atoms with Crippen molar-refractivity contribution in [3.8, 4) is 0 Å². The van der Waals surface area contributed by atoms with Gasteiger partial charge in [-0.1, -0.05) is 97.9 Å². The highest BCUT2D eigenvalue weighted by Crippen LogP contribution is 2.37. The van der Waals surface area contributed by atoms with Crippen LogP contribution in [-0.4, -0.2) is 15.8 Å². The van der Waals surface area contributed by atoms with E-state index in [-0.39, 0.29) is 11.7 Å². The van der Waals surface area contributed by atoms with Crippen molar-refractivity contribution in [3.05, 3.63) is 126 Å². The lowest BCUT2D eigenvalue weighted by molar-refractivity contribution is 0.0927. The summed E-state index contributed by atoms with van der Waals surface area (Å²) in [7, 11) is 0. The van der Waals surface area contributed by atoms with Crippen LogP contribution >= 0.6 is 0 Å². The standard InChI is InChI=1S/C29H30N2O/c1-22(25-15-9-4-10-16-25)27(20-24-13-7-3-8-14-24)26(19-23-11-5-2-6-12-23)21-28(32)29-30-17-18-31-29/h2-18,22,26-27H,19-21H2,1H3,(H,30,31). The van der Waals surface area contributed by atoms with Gasteiger partial charge in [-0.25, -0.2) is 4.98 Å². The van der Waals surface area contributed by atoms with Crippen LogP contribution in [-0.2, 0) is 12.8 Å². The van der Waals surface area contributed by atoms with Crippen molar-refractivity contribution in [3.63, 3.8) is 0 Å². The number of nitrogens with one attached hydrogen (secondary N) is 1. The summed E-state index contributed by atoms with van der Waals surface area (Å²) >= 11 is 0. The van der Waals surface area contributed by atoms with E-state index >= 15 is 0 Å². The van der Waals surface area contributed by atoms with Gasteiger partial charge in [0.15, 0.2) is 11.6 Å². The summed E-state index contributed by atoms with van der Waals surface area (Å²) in [6, 6.07) is 31.8. The fourth-order valence-electron chi connectivity index (χ4n) is 4.69. The third-order valence-corrected chi connectivity index (χ3v) is 6.44. The van der Waals surface area contributed by atoms with Crippen molar-refractivity contribution in [1.29, 1.82) is 0 Å². The van der Waals surface area contributed by atoms with Gasteiger partial charge < -0.3 is 4.98 Å². The smallest absolute Gasteiger partial charge is 0.198 e. The maximum absolute atomic E-state index is 13.1. The molecule has 1 heterocycles. The summed E-state index contributed by atoms with van der Waals surface area (Å²) in [5.41, 5.74) is 3.89. The number of hydrogen-bond acceptors (Lipinski definition) is 2. The van der Waals surface area contributed by atoms with Crippen LogP contribution in [0.2, 0.25) is 0 Å². The molecular weight excluding hydrogens is 392 g/mol. The van der Waals surface area contributed by atoms with Gasteiger partial charge in [0.2, 0.25) is 0 Å². The van der Waals surface area contributed by atoms with Gasteiger partial charge in [-0.05, 0) is 47.3 Å². The first-order chi connectivity index (χ1) is 15.7. The van der Waals surface area contributed by atoms with Crippen LogP contribution in [0.5, 0.6) is 0 Å². The molecule has 0 saturated carbocycles. The number of aromatic amines is 1. The molecule has 3 heteroatoms. The molecule has 1 aromatic heterocycles. The molecule has 1 N–H and O–H groups in total. The summed E-state index contributed by atoms with van der Waals surface area (Å²) < 4.78 is 0. The first-order valence-corrected chi connectivity index (χ1v) is 11.4. The lowest BCUT2D eigenvalue weighted by atomic mass is 9.71. The molecule has 3 nitrogen and oxygen atoms in total. The Morgan fingerprint density at radius 2 is 1.38 bits per heavy atom. The molecule has 4 rings (SSSR count). The Labute approximate surface area is 190 Å². The normalized spacial score (nSPS) is 13.9. The highest BCUT2D eigenvalue weighted by Gasteiger charge is 2.30. The Kier molecular flexibility index (Phi) is 7.29. The highest BCUT2D eigenvalue weighted by atomic mass is 16.1. The first kappa shape index (κ1) is 21.8. The average molecular weight is 423 g/mol. The van der Waals surface area contributed by atoms with Gasteiger partial charge in [-0.2, -0.15) is 0 Å². The van der Waals surface area contributed by atoms with E-state index in [9.17, 15) is 4.79 Å². The fraction of sp³-hybridized carbons (Fsp3) is 0.241. The highest BCUT2D eigenvalue weighted by molar-refractivity contribution is 5.92.